The lowest BCUT2D eigenvalue weighted by Crippen LogP contribution is -2.32. The van der Waals surface area contributed by atoms with Crippen LogP contribution in [-0.2, 0) is 18.4 Å². The summed E-state index contributed by atoms with van der Waals surface area (Å²) in [5.74, 6) is -0.0354. The predicted octanol–water partition coefficient (Wildman–Crippen LogP) is 1.66. The highest BCUT2D eigenvalue weighted by Crippen LogP contribution is 2.17. The zero-order chi connectivity index (χ0) is 18.1. The number of aromatic nitrogens is 6. The summed E-state index contributed by atoms with van der Waals surface area (Å²) in [5, 5.41) is 16.2. The number of hydrogen-bond acceptors (Lipinski definition) is 4. The van der Waals surface area contributed by atoms with E-state index in [2.05, 4.69) is 26.7 Å². The van der Waals surface area contributed by atoms with Gasteiger partial charge in [0.15, 0.2) is 0 Å². The topological polar surface area (TPSA) is 82.6 Å². The third-order valence-electron chi connectivity index (χ3n) is 4.43. The fraction of sp³-hybridized carbons (Fsp3) is 0.529. The van der Waals surface area contributed by atoms with Crippen LogP contribution >= 0.6 is 0 Å². The van der Waals surface area contributed by atoms with Crippen molar-refractivity contribution in [2.45, 2.75) is 46.7 Å². The molecule has 0 aliphatic rings. The van der Waals surface area contributed by atoms with Gasteiger partial charge in [-0.05, 0) is 40.2 Å². The number of carbonyl (C=O) groups excluding carboxylic acids is 1. The standard InChI is InChI=1S/C17H25N7O/c1-11-9-12(2)23(19-11)8-6-7-18-17(25)14(4)24-10-15-16(21-24)13(3)20-22(15)5/h9-10,14H,6-8H2,1-5H3,(H,18,25)/t14-/m1/s1. The minimum atomic E-state index is -0.361. The molecule has 0 aliphatic carbocycles. The van der Waals surface area contributed by atoms with Crippen molar-refractivity contribution in [1.29, 1.82) is 0 Å². The summed E-state index contributed by atoms with van der Waals surface area (Å²) in [6, 6.07) is 1.69. The van der Waals surface area contributed by atoms with Crippen LogP contribution in [-0.4, -0.2) is 41.8 Å². The number of carbonyl (C=O) groups is 1. The number of fused-ring (bicyclic) bond motifs is 1. The van der Waals surface area contributed by atoms with Gasteiger partial charge >= 0.3 is 0 Å². The zero-order valence-corrected chi connectivity index (χ0v) is 15.4. The molecule has 3 aromatic heterocycles. The third kappa shape index (κ3) is 3.42. The highest BCUT2D eigenvalue weighted by molar-refractivity contribution is 5.81. The Labute approximate surface area is 146 Å². The Morgan fingerprint density at radius 1 is 1.24 bits per heavy atom. The molecule has 0 aromatic carbocycles. The number of amides is 1. The Balaban J connectivity index is 1.55. The van der Waals surface area contributed by atoms with Crippen LogP contribution in [0.2, 0.25) is 0 Å². The Morgan fingerprint density at radius 3 is 2.64 bits per heavy atom. The lowest BCUT2D eigenvalue weighted by atomic mass is 10.3. The molecule has 0 aliphatic heterocycles. The number of rotatable bonds is 6. The Kier molecular flexibility index (Phi) is 4.61. The first-order valence-corrected chi connectivity index (χ1v) is 8.54. The van der Waals surface area contributed by atoms with Gasteiger partial charge in [-0.3, -0.25) is 18.8 Å². The van der Waals surface area contributed by atoms with E-state index in [9.17, 15) is 4.79 Å². The summed E-state index contributed by atoms with van der Waals surface area (Å²) in [6.07, 6.45) is 2.71. The molecule has 1 atom stereocenters. The second-order valence-electron chi connectivity index (χ2n) is 6.52. The first-order chi connectivity index (χ1) is 11.9. The van der Waals surface area contributed by atoms with Gasteiger partial charge in [0.05, 0.1) is 17.6 Å². The molecule has 25 heavy (non-hydrogen) atoms. The molecule has 3 aromatic rings. The van der Waals surface area contributed by atoms with Crippen molar-refractivity contribution in [1.82, 2.24) is 34.7 Å². The molecule has 0 saturated heterocycles. The van der Waals surface area contributed by atoms with Gasteiger partial charge in [-0.15, -0.1) is 0 Å². The van der Waals surface area contributed by atoms with Crippen LogP contribution in [0, 0.1) is 20.8 Å². The van der Waals surface area contributed by atoms with E-state index < -0.39 is 0 Å². The maximum absolute atomic E-state index is 12.4. The molecule has 134 valence electrons. The molecule has 0 fully saturated rings. The molecule has 0 bridgehead atoms. The van der Waals surface area contributed by atoms with Crippen LogP contribution in [0.25, 0.3) is 11.0 Å². The van der Waals surface area contributed by atoms with Gasteiger partial charge in [0.25, 0.3) is 0 Å². The largest absolute Gasteiger partial charge is 0.354 e. The van der Waals surface area contributed by atoms with Crippen LogP contribution in [0.15, 0.2) is 12.3 Å². The summed E-state index contributed by atoms with van der Waals surface area (Å²) in [5.41, 5.74) is 4.80. The SMILES string of the molecule is Cc1cc(C)n(CCCNC(=O)[C@@H](C)n2cc3c(n2)c(C)nn3C)n1. The zero-order valence-electron chi connectivity index (χ0n) is 15.4. The molecule has 1 N–H and O–H groups in total. The highest BCUT2D eigenvalue weighted by Gasteiger charge is 2.18. The van der Waals surface area contributed by atoms with E-state index in [4.69, 9.17) is 0 Å². The molecule has 3 heterocycles. The monoisotopic (exact) mass is 343 g/mol. The summed E-state index contributed by atoms with van der Waals surface area (Å²) in [4.78, 5) is 12.4. The van der Waals surface area contributed by atoms with Gasteiger partial charge in [-0.2, -0.15) is 15.3 Å². The average molecular weight is 343 g/mol. The summed E-state index contributed by atoms with van der Waals surface area (Å²) >= 11 is 0. The van der Waals surface area contributed by atoms with E-state index in [1.54, 1.807) is 9.36 Å². The number of nitrogens with zero attached hydrogens (tertiary/aromatic N) is 6. The quantitative estimate of drug-likeness (QED) is 0.690. The number of aryl methyl sites for hydroxylation is 5. The summed E-state index contributed by atoms with van der Waals surface area (Å²) < 4.78 is 5.46. The summed E-state index contributed by atoms with van der Waals surface area (Å²) in [6.45, 7) is 9.21. The van der Waals surface area contributed by atoms with Crippen LogP contribution in [0.5, 0.6) is 0 Å². The van der Waals surface area contributed by atoms with E-state index in [0.29, 0.717) is 6.54 Å². The van der Waals surface area contributed by atoms with Gasteiger partial charge in [-0.1, -0.05) is 0 Å². The first-order valence-electron chi connectivity index (χ1n) is 8.54. The van der Waals surface area contributed by atoms with Crippen LogP contribution in [0.4, 0.5) is 0 Å². The second-order valence-corrected chi connectivity index (χ2v) is 6.52. The smallest absolute Gasteiger partial charge is 0.244 e. The molecule has 0 saturated carbocycles. The van der Waals surface area contributed by atoms with Crippen LogP contribution < -0.4 is 5.32 Å². The van der Waals surface area contributed by atoms with Crippen LogP contribution in [0.1, 0.15) is 36.5 Å². The Hall–Kier alpha value is -2.64. The van der Waals surface area contributed by atoms with E-state index in [0.717, 1.165) is 41.1 Å². The van der Waals surface area contributed by atoms with Gasteiger partial charge in [0, 0.05) is 25.8 Å². The van der Waals surface area contributed by atoms with E-state index in [1.807, 2.05) is 45.6 Å². The Morgan fingerprint density at radius 2 is 2.00 bits per heavy atom. The van der Waals surface area contributed by atoms with Gasteiger partial charge < -0.3 is 5.32 Å². The second kappa shape index (κ2) is 6.70. The number of hydrogen-bond donors (Lipinski definition) is 1. The highest BCUT2D eigenvalue weighted by atomic mass is 16.2. The fourth-order valence-corrected chi connectivity index (χ4v) is 3.01. The Bertz CT molecular complexity index is 867. The van der Waals surface area contributed by atoms with Crippen LogP contribution in [0.3, 0.4) is 0 Å². The molecule has 8 nitrogen and oxygen atoms in total. The maximum atomic E-state index is 12.4. The van der Waals surface area contributed by atoms with E-state index in [-0.39, 0.29) is 11.9 Å². The maximum Gasteiger partial charge on any atom is 0.244 e. The molecule has 0 radical (unpaired) electrons. The minimum absolute atomic E-state index is 0.0354. The molecule has 3 rings (SSSR count). The number of nitrogens with one attached hydrogen (secondary N) is 1. The lowest BCUT2D eigenvalue weighted by Gasteiger charge is -2.13. The normalized spacial score (nSPS) is 12.7. The predicted molar refractivity (Wildman–Crippen MR) is 95.3 cm³/mol. The van der Waals surface area contributed by atoms with Crippen molar-refractivity contribution in [3.05, 3.63) is 29.3 Å². The lowest BCUT2D eigenvalue weighted by molar-refractivity contribution is -0.124. The van der Waals surface area contributed by atoms with Gasteiger partial charge in [0.2, 0.25) is 5.91 Å². The fourth-order valence-electron chi connectivity index (χ4n) is 3.01. The first kappa shape index (κ1) is 17.2. The van der Waals surface area contributed by atoms with Crippen molar-refractivity contribution < 1.29 is 4.79 Å². The minimum Gasteiger partial charge on any atom is -0.354 e. The average Bonchev–Trinajstić information content (AvgIpc) is 3.20. The van der Waals surface area contributed by atoms with Crippen molar-refractivity contribution in [3.8, 4) is 0 Å². The molecule has 1 amide bonds. The van der Waals surface area contributed by atoms with Crippen molar-refractivity contribution >= 4 is 16.9 Å². The van der Waals surface area contributed by atoms with Crippen molar-refractivity contribution in [2.24, 2.45) is 7.05 Å². The van der Waals surface area contributed by atoms with Gasteiger partial charge in [-0.25, -0.2) is 0 Å². The van der Waals surface area contributed by atoms with E-state index >= 15 is 0 Å². The third-order valence-corrected chi connectivity index (χ3v) is 4.43. The van der Waals surface area contributed by atoms with Crippen molar-refractivity contribution in [2.75, 3.05) is 6.54 Å². The summed E-state index contributed by atoms with van der Waals surface area (Å²) in [7, 11) is 1.88. The molecular weight excluding hydrogens is 318 g/mol. The molecule has 8 heteroatoms. The molecule has 0 unspecified atom stereocenters. The van der Waals surface area contributed by atoms with E-state index in [1.165, 1.54) is 0 Å². The van der Waals surface area contributed by atoms with Gasteiger partial charge in [0.1, 0.15) is 17.1 Å². The molecular formula is C17H25N7O. The van der Waals surface area contributed by atoms with Crippen molar-refractivity contribution in [3.63, 3.8) is 0 Å². The molecule has 0 spiro atoms.